The van der Waals surface area contributed by atoms with Gasteiger partial charge in [-0.3, -0.25) is 0 Å². The largest absolute Gasteiger partial charge is 0.493 e. The number of hydrogen-bond acceptors (Lipinski definition) is 3. The van der Waals surface area contributed by atoms with E-state index in [0.29, 0.717) is 13.2 Å². The Bertz CT molecular complexity index is 569. The summed E-state index contributed by atoms with van der Waals surface area (Å²) in [6.45, 7) is 2.96. The second-order valence-corrected chi connectivity index (χ2v) is 5.22. The van der Waals surface area contributed by atoms with E-state index in [4.69, 9.17) is 14.2 Å². The molecule has 0 heterocycles. The predicted molar refractivity (Wildman–Crippen MR) is 82.9 cm³/mol. The molecular weight excluding hydrogens is 320 g/mol. The standard InChI is InChI=1S/C16H17BrO3/c1-12-6-7-15(16(10-12)18-2)20-9-8-19-14-5-3-4-13(17)11-14/h3-7,10-11H,8-9H2,1-2H3. The van der Waals surface area contributed by atoms with Crippen LogP contribution in [0.4, 0.5) is 0 Å². The van der Waals surface area contributed by atoms with E-state index in [9.17, 15) is 0 Å². The summed E-state index contributed by atoms with van der Waals surface area (Å²) >= 11 is 3.41. The SMILES string of the molecule is COc1cc(C)ccc1OCCOc1cccc(Br)c1. The number of benzene rings is 2. The summed E-state index contributed by atoms with van der Waals surface area (Å²) in [4.78, 5) is 0. The fourth-order valence-electron chi connectivity index (χ4n) is 1.76. The van der Waals surface area contributed by atoms with Gasteiger partial charge in [0.2, 0.25) is 0 Å². The van der Waals surface area contributed by atoms with Gasteiger partial charge in [0.1, 0.15) is 19.0 Å². The van der Waals surface area contributed by atoms with Crippen LogP contribution < -0.4 is 14.2 Å². The average molecular weight is 337 g/mol. The molecule has 2 aromatic carbocycles. The van der Waals surface area contributed by atoms with Gasteiger partial charge in [-0.15, -0.1) is 0 Å². The minimum absolute atomic E-state index is 0.464. The van der Waals surface area contributed by atoms with Gasteiger partial charge in [0.15, 0.2) is 11.5 Å². The lowest BCUT2D eigenvalue weighted by molar-refractivity contribution is 0.211. The zero-order valence-corrected chi connectivity index (χ0v) is 13.1. The molecule has 0 aliphatic heterocycles. The van der Waals surface area contributed by atoms with Gasteiger partial charge in [-0.05, 0) is 42.8 Å². The summed E-state index contributed by atoms with van der Waals surface area (Å²) in [6, 6.07) is 13.6. The first-order valence-electron chi connectivity index (χ1n) is 6.35. The van der Waals surface area contributed by atoms with Crippen LogP contribution in [0.25, 0.3) is 0 Å². The third kappa shape index (κ3) is 4.17. The first-order chi connectivity index (χ1) is 9.69. The molecule has 0 saturated heterocycles. The average Bonchev–Trinajstić information content (AvgIpc) is 2.45. The van der Waals surface area contributed by atoms with E-state index in [1.165, 1.54) is 0 Å². The highest BCUT2D eigenvalue weighted by atomic mass is 79.9. The van der Waals surface area contributed by atoms with E-state index in [1.807, 2.05) is 49.4 Å². The minimum atomic E-state index is 0.464. The van der Waals surface area contributed by atoms with Crippen LogP contribution in [-0.4, -0.2) is 20.3 Å². The molecule has 0 atom stereocenters. The van der Waals surface area contributed by atoms with Crippen molar-refractivity contribution in [3.8, 4) is 17.2 Å². The molecule has 0 bridgehead atoms. The molecule has 2 rings (SSSR count). The summed E-state index contributed by atoms with van der Waals surface area (Å²) < 4.78 is 17.6. The number of ether oxygens (including phenoxy) is 3. The van der Waals surface area contributed by atoms with Crippen molar-refractivity contribution in [3.05, 3.63) is 52.5 Å². The predicted octanol–water partition coefficient (Wildman–Crippen LogP) is 4.22. The van der Waals surface area contributed by atoms with E-state index >= 15 is 0 Å². The molecule has 0 aliphatic carbocycles. The molecule has 0 saturated carbocycles. The third-order valence-electron chi connectivity index (χ3n) is 2.72. The quantitative estimate of drug-likeness (QED) is 0.739. The maximum absolute atomic E-state index is 5.67. The summed E-state index contributed by atoms with van der Waals surface area (Å²) in [5.41, 5.74) is 1.14. The van der Waals surface area contributed by atoms with Gasteiger partial charge < -0.3 is 14.2 Å². The second kappa shape index (κ2) is 7.20. The third-order valence-corrected chi connectivity index (χ3v) is 3.22. The lowest BCUT2D eigenvalue weighted by Crippen LogP contribution is -2.09. The van der Waals surface area contributed by atoms with Crippen molar-refractivity contribution < 1.29 is 14.2 Å². The lowest BCUT2D eigenvalue weighted by atomic mass is 10.2. The smallest absolute Gasteiger partial charge is 0.161 e. The van der Waals surface area contributed by atoms with E-state index < -0.39 is 0 Å². The van der Waals surface area contributed by atoms with Crippen molar-refractivity contribution in [2.24, 2.45) is 0 Å². The molecule has 0 aromatic heterocycles. The maximum Gasteiger partial charge on any atom is 0.161 e. The molecule has 3 nitrogen and oxygen atoms in total. The molecule has 0 unspecified atom stereocenters. The summed E-state index contributed by atoms with van der Waals surface area (Å²) in [5.74, 6) is 2.29. The van der Waals surface area contributed by atoms with Crippen LogP contribution in [0.3, 0.4) is 0 Å². The zero-order valence-electron chi connectivity index (χ0n) is 11.6. The molecule has 0 aliphatic rings. The fourth-order valence-corrected chi connectivity index (χ4v) is 2.14. The number of halogens is 1. The fraction of sp³-hybridized carbons (Fsp3) is 0.250. The summed E-state index contributed by atoms with van der Waals surface area (Å²) in [6.07, 6.45) is 0. The van der Waals surface area contributed by atoms with Gasteiger partial charge in [0, 0.05) is 4.47 Å². The van der Waals surface area contributed by atoms with Gasteiger partial charge in [-0.25, -0.2) is 0 Å². The van der Waals surface area contributed by atoms with Crippen LogP contribution in [0.2, 0.25) is 0 Å². The van der Waals surface area contributed by atoms with Crippen molar-refractivity contribution in [2.45, 2.75) is 6.92 Å². The van der Waals surface area contributed by atoms with Crippen LogP contribution in [0.5, 0.6) is 17.2 Å². The summed E-state index contributed by atoms with van der Waals surface area (Å²) in [5, 5.41) is 0. The van der Waals surface area contributed by atoms with Crippen molar-refractivity contribution in [2.75, 3.05) is 20.3 Å². The Morgan fingerprint density at radius 1 is 0.950 bits per heavy atom. The molecule has 0 N–H and O–H groups in total. The lowest BCUT2D eigenvalue weighted by Gasteiger charge is -2.12. The molecule has 0 fully saturated rings. The number of hydrogen-bond donors (Lipinski definition) is 0. The van der Waals surface area contributed by atoms with E-state index in [2.05, 4.69) is 15.9 Å². The minimum Gasteiger partial charge on any atom is -0.493 e. The Morgan fingerprint density at radius 3 is 2.50 bits per heavy atom. The van der Waals surface area contributed by atoms with Crippen LogP contribution in [0.15, 0.2) is 46.9 Å². The molecule has 0 amide bonds. The van der Waals surface area contributed by atoms with Gasteiger partial charge in [0.05, 0.1) is 7.11 Å². The normalized spacial score (nSPS) is 10.2. The Kier molecular flexibility index (Phi) is 5.30. The van der Waals surface area contributed by atoms with E-state index in [1.54, 1.807) is 7.11 Å². The van der Waals surface area contributed by atoms with Crippen molar-refractivity contribution in [1.82, 2.24) is 0 Å². The molecule has 2 aromatic rings. The van der Waals surface area contributed by atoms with Crippen molar-refractivity contribution in [3.63, 3.8) is 0 Å². The topological polar surface area (TPSA) is 27.7 Å². The number of rotatable bonds is 6. The molecule has 4 heteroatoms. The van der Waals surface area contributed by atoms with E-state index in [-0.39, 0.29) is 0 Å². The van der Waals surface area contributed by atoms with Crippen LogP contribution >= 0.6 is 15.9 Å². The Hall–Kier alpha value is -1.68. The Morgan fingerprint density at radius 2 is 1.75 bits per heavy atom. The van der Waals surface area contributed by atoms with Gasteiger partial charge in [0.25, 0.3) is 0 Å². The maximum atomic E-state index is 5.67. The van der Waals surface area contributed by atoms with Crippen molar-refractivity contribution >= 4 is 15.9 Å². The highest BCUT2D eigenvalue weighted by Gasteiger charge is 2.04. The highest BCUT2D eigenvalue weighted by molar-refractivity contribution is 9.10. The molecule has 0 radical (unpaired) electrons. The molecule has 20 heavy (non-hydrogen) atoms. The molecule has 0 spiro atoms. The van der Waals surface area contributed by atoms with Gasteiger partial charge in [-0.2, -0.15) is 0 Å². The monoisotopic (exact) mass is 336 g/mol. The zero-order chi connectivity index (χ0) is 14.4. The number of aryl methyl sites for hydroxylation is 1. The van der Waals surface area contributed by atoms with Crippen LogP contribution in [-0.2, 0) is 0 Å². The van der Waals surface area contributed by atoms with Crippen LogP contribution in [0.1, 0.15) is 5.56 Å². The first kappa shape index (κ1) is 14.7. The van der Waals surface area contributed by atoms with Crippen molar-refractivity contribution in [1.29, 1.82) is 0 Å². The Balaban J connectivity index is 1.84. The molecular formula is C16H17BrO3. The van der Waals surface area contributed by atoms with Gasteiger partial charge >= 0.3 is 0 Å². The van der Waals surface area contributed by atoms with E-state index in [0.717, 1.165) is 27.3 Å². The van der Waals surface area contributed by atoms with Crippen LogP contribution in [0, 0.1) is 6.92 Å². The first-order valence-corrected chi connectivity index (χ1v) is 7.14. The number of methoxy groups -OCH3 is 1. The summed E-state index contributed by atoms with van der Waals surface area (Å²) in [7, 11) is 1.64. The molecule has 106 valence electrons. The second-order valence-electron chi connectivity index (χ2n) is 4.31. The Labute approximate surface area is 127 Å². The highest BCUT2D eigenvalue weighted by Crippen LogP contribution is 2.27. The van der Waals surface area contributed by atoms with Gasteiger partial charge in [-0.1, -0.05) is 28.1 Å².